The Kier molecular flexibility index (Phi) is 10.3. The molecule has 0 aliphatic carbocycles. The maximum absolute atomic E-state index is 10.3. The molecule has 8 N–H and O–H groups in total. The molecule has 1 aromatic rings. The second-order valence-corrected chi connectivity index (χ2v) is 2.08. The van der Waals surface area contributed by atoms with Gasteiger partial charge in [0, 0.05) is 11.8 Å². The van der Waals surface area contributed by atoms with Crippen LogP contribution >= 0.6 is 0 Å². The number of hydrogen-bond acceptors (Lipinski definition) is 3. The minimum absolute atomic E-state index is 0. The third-order valence-electron chi connectivity index (χ3n) is 1.25. The van der Waals surface area contributed by atoms with Crippen LogP contribution in [-0.2, 0) is 0 Å². The Hall–Kier alpha value is -0.790. The van der Waals surface area contributed by atoms with Crippen molar-refractivity contribution >= 4 is 11.7 Å². The van der Waals surface area contributed by atoms with Gasteiger partial charge in [-0.1, -0.05) is 0 Å². The molecule has 0 aliphatic heterocycles. The molecule has 0 spiro atoms. The minimum atomic E-state index is -1.16. The average molecular weight is 213 g/mol. The number of carboxylic acid groups (broad SMARTS) is 1. The van der Waals surface area contributed by atoms with Crippen LogP contribution in [0, 0.1) is 0 Å². The molecule has 1 aromatic carbocycles. The predicted molar refractivity (Wildman–Crippen MR) is 47.8 cm³/mol. The zero-order valence-corrected chi connectivity index (χ0v) is 9.61. The van der Waals surface area contributed by atoms with Crippen molar-refractivity contribution in [1.29, 1.82) is 0 Å². The van der Waals surface area contributed by atoms with Crippen molar-refractivity contribution in [2.45, 2.75) is 0 Å². The van der Waals surface area contributed by atoms with Gasteiger partial charge in [-0.3, -0.25) is 0 Å². The molecule has 0 saturated heterocycles. The van der Waals surface area contributed by atoms with E-state index >= 15 is 0 Å². The van der Waals surface area contributed by atoms with E-state index in [0.717, 1.165) is 0 Å². The topological polar surface area (TPSA) is 147 Å². The summed E-state index contributed by atoms with van der Waals surface area (Å²) in [5.74, 6) is -1.47. The zero-order valence-electron chi connectivity index (χ0n) is 8.61. The number of anilines is 1. The van der Waals surface area contributed by atoms with Crippen LogP contribution in [0.2, 0.25) is 0 Å². The number of nitrogens with two attached hydrogens (primary N) is 1. The standard InChI is InChI=1S/C7H7NO3.Na.2H2O.H/c8-4-1-2-5(7(10)11)6(9)3-4;;;;/h1-3,9H,8H2,(H,10,11);;2*1H2;/q;+1;;;-1. The van der Waals surface area contributed by atoms with Crippen LogP contribution in [0.3, 0.4) is 0 Å². The van der Waals surface area contributed by atoms with Gasteiger partial charge >= 0.3 is 35.5 Å². The number of hydrogen-bond donors (Lipinski definition) is 3. The third kappa shape index (κ3) is 4.45. The Morgan fingerprint density at radius 3 is 2.21 bits per heavy atom. The van der Waals surface area contributed by atoms with Crippen LogP contribution in [0.4, 0.5) is 5.69 Å². The fourth-order valence-electron chi connectivity index (χ4n) is 0.730. The first-order valence-corrected chi connectivity index (χ1v) is 2.93. The number of nitrogen functional groups attached to an aromatic ring is 1. The molecule has 1 rings (SSSR count). The fourth-order valence-corrected chi connectivity index (χ4v) is 0.730. The fraction of sp³-hybridized carbons (Fsp3) is 0. The van der Waals surface area contributed by atoms with Crippen molar-refractivity contribution in [2.75, 3.05) is 5.73 Å². The van der Waals surface area contributed by atoms with Crippen molar-refractivity contribution in [2.24, 2.45) is 0 Å². The minimum Gasteiger partial charge on any atom is -1.00 e. The number of aromatic hydroxyl groups is 1. The van der Waals surface area contributed by atoms with Crippen LogP contribution in [0.1, 0.15) is 11.8 Å². The van der Waals surface area contributed by atoms with Gasteiger partial charge in [-0.25, -0.2) is 4.79 Å². The molecule has 7 heteroatoms. The number of rotatable bonds is 1. The van der Waals surface area contributed by atoms with E-state index in [9.17, 15) is 4.79 Å². The average Bonchev–Trinajstić information content (AvgIpc) is 1.85. The molecule has 0 unspecified atom stereocenters. The molecule has 14 heavy (non-hydrogen) atoms. The van der Waals surface area contributed by atoms with Gasteiger partial charge in [0.15, 0.2) is 0 Å². The first-order chi connectivity index (χ1) is 5.11. The van der Waals surface area contributed by atoms with Crippen molar-refractivity contribution < 1.29 is 56.9 Å². The normalized spacial score (nSPS) is 7.43. The van der Waals surface area contributed by atoms with Crippen molar-refractivity contribution in [1.82, 2.24) is 0 Å². The molecular weight excluding hydrogens is 201 g/mol. The monoisotopic (exact) mass is 213 g/mol. The van der Waals surface area contributed by atoms with E-state index in [1.807, 2.05) is 0 Å². The molecule has 6 nitrogen and oxygen atoms in total. The Morgan fingerprint density at radius 1 is 1.36 bits per heavy atom. The van der Waals surface area contributed by atoms with E-state index in [4.69, 9.17) is 15.9 Å². The van der Waals surface area contributed by atoms with Gasteiger partial charge in [0.2, 0.25) is 0 Å². The molecule has 0 bridgehead atoms. The quantitative estimate of drug-likeness (QED) is 0.323. The summed E-state index contributed by atoms with van der Waals surface area (Å²) in [6, 6.07) is 3.87. The summed E-state index contributed by atoms with van der Waals surface area (Å²) in [6.45, 7) is 0. The molecule has 0 aliphatic rings. The van der Waals surface area contributed by atoms with E-state index in [1.54, 1.807) is 0 Å². The van der Waals surface area contributed by atoms with Crippen LogP contribution < -0.4 is 35.3 Å². The van der Waals surface area contributed by atoms with Crippen LogP contribution in [-0.4, -0.2) is 27.1 Å². The second-order valence-electron chi connectivity index (χ2n) is 2.08. The van der Waals surface area contributed by atoms with Crippen LogP contribution in [0.15, 0.2) is 18.2 Å². The number of benzene rings is 1. The predicted octanol–water partition coefficient (Wildman–Crippen LogP) is -3.86. The zero-order chi connectivity index (χ0) is 8.43. The van der Waals surface area contributed by atoms with Gasteiger partial charge in [0.1, 0.15) is 11.3 Å². The molecule has 76 valence electrons. The van der Waals surface area contributed by atoms with E-state index in [0.29, 0.717) is 5.69 Å². The van der Waals surface area contributed by atoms with Gasteiger partial charge in [0.05, 0.1) is 0 Å². The van der Waals surface area contributed by atoms with Gasteiger partial charge < -0.3 is 28.3 Å². The molecular formula is C7H12NNaO5. The van der Waals surface area contributed by atoms with Gasteiger partial charge in [0.25, 0.3) is 0 Å². The van der Waals surface area contributed by atoms with Crippen LogP contribution in [0.5, 0.6) is 5.75 Å². The van der Waals surface area contributed by atoms with E-state index < -0.39 is 5.97 Å². The summed E-state index contributed by atoms with van der Waals surface area (Å²) in [7, 11) is 0. The van der Waals surface area contributed by atoms with E-state index in [1.165, 1.54) is 18.2 Å². The number of phenols is 1. The van der Waals surface area contributed by atoms with E-state index in [-0.39, 0.29) is 53.2 Å². The molecule has 0 atom stereocenters. The van der Waals surface area contributed by atoms with Crippen molar-refractivity contribution in [3.63, 3.8) is 0 Å². The number of carbonyl (C=O) groups is 1. The molecule has 0 amide bonds. The number of aromatic carboxylic acids is 1. The Morgan fingerprint density at radius 2 is 1.86 bits per heavy atom. The summed E-state index contributed by atoms with van der Waals surface area (Å²) in [5.41, 5.74) is 5.48. The summed E-state index contributed by atoms with van der Waals surface area (Å²) >= 11 is 0. The Bertz CT molecular complexity index is 309. The summed E-state index contributed by atoms with van der Waals surface area (Å²) < 4.78 is 0. The molecule has 0 radical (unpaired) electrons. The second kappa shape index (κ2) is 7.60. The summed E-state index contributed by atoms with van der Waals surface area (Å²) in [5, 5.41) is 17.5. The smallest absolute Gasteiger partial charge is 1.00 e. The van der Waals surface area contributed by atoms with Gasteiger partial charge in [-0.2, -0.15) is 0 Å². The molecule has 0 aromatic heterocycles. The SMILES string of the molecule is Nc1ccc(C(=O)O)c(O)c1.O.O.[H-].[Na+]. The van der Waals surface area contributed by atoms with Crippen molar-refractivity contribution in [3.05, 3.63) is 23.8 Å². The maximum Gasteiger partial charge on any atom is 1.00 e. The number of carboxylic acids is 1. The largest absolute Gasteiger partial charge is 1.00 e. The van der Waals surface area contributed by atoms with Gasteiger partial charge in [-0.05, 0) is 12.1 Å². The van der Waals surface area contributed by atoms with Crippen molar-refractivity contribution in [3.8, 4) is 5.75 Å². The van der Waals surface area contributed by atoms with Gasteiger partial charge in [-0.15, -0.1) is 0 Å². The molecule has 0 heterocycles. The Labute approximate surface area is 104 Å². The first-order valence-electron chi connectivity index (χ1n) is 2.93. The van der Waals surface area contributed by atoms with Crippen LogP contribution in [0.25, 0.3) is 0 Å². The summed E-state index contributed by atoms with van der Waals surface area (Å²) in [4.78, 5) is 10.3. The molecule has 0 fully saturated rings. The molecule has 0 saturated carbocycles. The Balaban J connectivity index is -0.000000151. The first kappa shape index (κ1) is 18.9. The van der Waals surface area contributed by atoms with E-state index in [2.05, 4.69) is 0 Å². The maximum atomic E-state index is 10.3. The third-order valence-corrected chi connectivity index (χ3v) is 1.25. The summed E-state index contributed by atoms with van der Waals surface area (Å²) in [6.07, 6.45) is 0.